The summed E-state index contributed by atoms with van der Waals surface area (Å²) < 4.78 is 31.8. The van der Waals surface area contributed by atoms with Crippen molar-refractivity contribution in [1.29, 1.82) is 0 Å². The summed E-state index contributed by atoms with van der Waals surface area (Å²) in [5.74, 6) is -1.67. The van der Waals surface area contributed by atoms with Gasteiger partial charge in [-0.15, -0.1) is 0 Å². The van der Waals surface area contributed by atoms with E-state index in [2.05, 4.69) is 5.48 Å². The minimum atomic E-state index is -1.00. The molecule has 0 unspecified atom stereocenters. The molecule has 0 saturated carbocycles. The first kappa shape index (κ1) is 13.3. The second-order valence-corrected chi connectivity index (χ2v) is 3.94. The minimum Gasteiger partial charge on any atom is -0.454 e. The highest BCUT2D eigenvalue weighted by Crippen LogP contribution is 2.28. The first-order valence-corrected chi connectivity index (χ1v) is 5.63. The highest BCUT2D eigenvalue weighted by molar-refractivity contribution is 5.52. The molecule has 0 spiro atoms. The van der Waals surface area contributed by atoms with Crippen LogP contribution in [0.25, 0.3) is 0 Å². The molecule has 0 aliphatic rings. The van der Waals surface area contributed by atoms with Crippen molar-refractivity contribution >= 4 is 5.69 Å². The van der Waals surface area contributed by atoms with Crippen molar-refractivity contribution in [2.45, 2.75) is 6.92 Å². The monoisotopic (exact) mass is 265 g/mol. The maximum atomic E-state index is 13.5. The Labute approximate surface area is 109 Å². The van der Waals surface area contributed by atoms with E-state index in [1.54, 1.807) is 18.2 Å². The third-order valence-corrected chi connectivity index (χ3v) is 2.55. The van der Waals surface area contributed by atoms with Crippen LogP contribution in [0.2, 0.25) is 0 Å². The Kier molecular flexibility index (Phi) is 3.97. The second kappa shape index (κ2) is 5.67. The molecule has 5 heteroatoms. The Morgan fingerprint density at radius 2 is 1.89 bits per heavy atom. The first-order valence-electron chi connectivity index (χ1n) is 5.63. The van der Waals surface area contributed by atoms with E-state index < -0.39 is 11.6 Å². The molecule has 100 valence electrons. The number of halogens is 2. The van der Waals surface area contributed by atoms with Crippen molar-refractivity contribution in [3.63, 3.8) is 0 Å². The Morgan fingerprint density at radius 1 is 1.11 bits per heavy atom. The van der Waals surface area contributed by atoms with Gasteiger partial charge in [-0.3, -0.25) is 10.3 Å². The van der Waals surface area contributed by atoms with Gasteiger partial charge >= 0.3 is 0 Å². The predicted molar refractivity (Wildman–Crippen MR) is 68.2 cm³/mol. The lowest BCUT2D eigenvalue weighted by Gasteiger charge is -2.11. The van der Waals surface area contributed by atoms with Crippen LogP contribution in [0, 0.1) is 18.6 Å². The SMILES string of the molecule is CONc1ccc(Oc2cccc(F)c2F)cc1C. The molecule has 0 fully saturated rings. The molecular weight excluding hydrogens is 252 g/mol. The number of aryl methyl sites for hydroxylation is 1. The molecule has 3 nitrogen and oxygen atoms in total. The summed E-state index contributed by atoms with van der Waals surface area (Å²) in [6, 6.07) is 8.87. The van der Waals surface area contributed by atoms with E-state index >= 15 is 0 Å². The maximum Gasteiger partial charge on any atom is 0.201 e. The van der Waals surface area contributed by atoms with Gasteiger partial charge in [0.05, 0.1) is 12.8 Å². The van der Waals surface area contributed by atoms with Crippen LogP contribution in [0.4, 0.5) is 14.5 Å². The zero-order valence-corrected chi connectivity index (χ0v) is 10.5. The van der Waals surface area contributed by atoms with Crippen molar-refractivity contribution in [2.24, 2.45) is 0 Å². The van der Waals surface area contributed by atoms with Gasteiger partial charge in [0.1, 0.15) is 5.75 Å². The fourth-order valence-electron chi connectivity index (χ4n) is 1.61. The van der Waals surface area contributed by atoms with Gasteiger partial charge in [0.15, 0.2) is 11.6 Å². The molecule has 0 aromatic heterocycles. The minimum absolute atomic E-state index is 0.146. The van der Waals surface area contributed by atoms with E-state index in [-0.39, 0.29) is 5.75 Å². The fourth-order valence-corrected chi connectivity index (χ4v) is 1.61. The van der Waals surface area contributed by atoms with Gasteiger partial charge in [0.25, 0.3) is 0 Å². The zero-order valence-electron chi connectivity index (χ0n) is 10.5. The first-order chi connectivity index (χ1) is 9.11. The number of anilines is 1. The van der Waals surface area contributed by atoms with Gasteiger partial charge < -0.3 is 4.74 Å². The van der Waals surface area contributed by atoms with E-state index in [4.69, 9.17) is 9.57 Å². The lowest BCUT2D eigenvalue weighted by molar-refractivity contribution is 0.270. The van der Waals surface area contributed by atoms with Crippen molar-refractivity contribution in [3.8, 4) is 11.5 Å². The number of ether oxygens (including phenoxy) is 1. The molecule has 2 rings (SSSR count). The predicted octanol–water partition coefficient (Wildman–Crippen LogP) is 4.04. The fraction of sp³-hybridized carbons (Fsp3) is 0.143. The number of nitrogens with one attached hydrogen (secondary N) is 1. The highest BCUT2D eigenvalue weighted by atomic mass is 19.2. The van der Waals surface area contributed by atoms with Crippen LogP contribution in [0.5, 0.6) is 11.5 Å². The van der Waals surface area contributed by atoms with Crippen LogP contribution >= 0.6 is 0 Å². The molecule has 0 bridgehead atoms. The van der Waals surface area contributed by atoms with Crippen LogP contribution in [0.3, 0.4) is 0 Å². The Hall–Kier alpha value is -2.14. The molecule has 2 aromatic rings. The Bertz CT molecular complexity index is 588. The van der Waals surface area contributed by atoms with E-state index in [1.165, 1.54) is 19.2 Å². The van der Waals surface area contributed by atoms with E-state index in [0.29, 0.717) is 5.75 Å². The summed E-state index contributed by atoms with van der Waals surface area (Å²) in [5, 5.41) is 0. The molecule has 2 aromatic carbocycles. The average molecular weight is 265 g/mol. The van der Waals surface area contributed by atoms with Gasteiger partial charge in [-0.25, -0.2) is 4.39 Å². The average Bonchev–Trinajstić information content (AvgIpc) is 2.38. The summed E-state index contributed by atoms with van der Waals surface area (Å²) in [6.45, 7) is 1.84. The molecule has 0 aliphatic carbocycles. The van der Waals surface area contributed by atoms with Crippen LogP contribution in [-0.4, -0.2) is 7.11 Å². The molecule has 19 heavy (non-hydrogen) atoms. The van der Waals surface area contributed by atoms with E-state index in [1.807, 2.05) is 6.92 Å². The zero-order chi connectivity index (χ0) is 13.8. The van der Waals surface area contributed by atoms with E-state index in [9.17, 15) is 8.78 Å². The third kappa shape index (κ3) is 3.00. The molecule has 0 radical (unpaired) electrons. The van der Waals surface area contributed by atoms with E-state index in [0.717, 1.165) is 17.3 Å². The lowest BCUT2D eigenvalue weighted by Crippen LogP contribution is -1.98. The van der Waals surface area contributed by atoms with Gasteiger partial charge in [-0.05, 0) is 42.8 Å². The van der Waals surface area contributed by atoms with Crippen molar-refractivity contribution in [2.75, 3.05) is 12.6 Å². The molecule has 0 atom stereocenters. The Morgan fingerprint density at radius 3 is 2.58 bits per heavy atom. The molecule has 0 aliphatic heterocycles. The number of rotatable bonds is 4. The van der Waals surface area contributed by atoms with Crippen LogP contribution in [-0.2, 0) is 4.84 Å². The van der Waals surface area contributed by atoms with Gasteiger partial charge in [0.2, 0.25) is 5.82 Å². The quantitative estimate of drug-likeness (QED) is 0.846. The third-order valence-electron chi connectivity index (χ3n) is 2.55. The maximum absolute atomic E-state index is 13.5. The van der Waals surface area contributed by atoms with Crippen LogP contribution < -0.4 is 10.2 Å². The summed E-state index contributed by atoms with van der Waals surface area (Å²) in [6.07, 6.45) is 0. The van der Waals surface area contributed by atoms with Gasteiger partial charge in [-0.1, -0.05) is 6.07 Å². The van der Waals surface area contributed by atoms with Gasteiger partial charge in [0, 0.05) is 0 Å². The molecule has 0 saturated heterocycles. The van der Waals surface area contributed by atoms with Gasteiger partial charge in [-0.2, -0.15) is 4.39 Å². The highest BCUT2D eigenvalue weighted by Gasteiger charge is 2.10. The lowest BCUT2D eigenvalue weighted by atomic mass is 10.2. The molecule has 0 amide bonds. The van der Waals surface area contributed by atoms with Crippen molar-refractivity contribution in [1.82, 2.24) is 0 Å². The second-order valence-electron chi connectivity index (χ2n) is 3.94. The number of hydrogen-bond donors (Lipinski definition) is 1. The summed E-state index contributed by atoms with van der Waals surface area (Å²) in [5.41, 5.74) is 4.33. The molecule has 1 N–H and O–H groups in total. The molecule has 0 heterocycles. The molecular formula is C14H13F2NO2. The number of hydrogen-bond acceptors (Lipinski definition) is 3. The standard InChI is InChI=1S/C14H13F2NO2/c1-9-8-10(6-7-12(9)17-18-2)19-13-5-3-4-11(15)14(13)16/h3-8,17H,1-2H3. The summed E-state index contributed by atoms with van der Waals surface area (Å²) >= 11 is 0. The summed E-state index contributed by atoms with van der Waals surface area (Å²) in [4.78, 5) is 4.80. The number of benzene rings is 2. The van der Waals surface area contributed by atoms with Crippen molar-refractivity contribution < 1.29 is 18.4 Å². The normalized spacial score (nSPS) is 10.3. The van der Waals surface area contributed by atoms with Crippen LogP contribution in [0.1, 0.15) is 5.56 Å². The Balaban J connectivity index is 2.24. The van der Waals surface area contributed by atoms with Crippen LogP contribution in [0.15, 0.2) is 36.4 Å². The van der Waals surface area contributed by atoms with Crippen molar-refractivity contribution in [3.05, 3.63) is 53.6 Å². The smallest absolute Gasteiger partial charge is 0.201 e. The topological polar surface area (TPSA) is 30.5 Å². The summed E-state index contributed by atoms with van der Waals surface area (Å²) in [7, 11) is 1.51. The largest absolute Gasteiger partial charge is 0.454 e.